The molecule has 1 heterocycles. The van der Waals surface area contributed by atoms with Gasteiger partial charge in [-0.25, -0.2) is 0 Å². The maximum Gasteiger partial charge on any atom is 0.303 e. The molecule has 8 nitrogen and oxygen atoms in total. The average Bonchev–Trinajstić information content (AvgIpc) is 2.57. The lowest BCUT2D eigenvalue weighted by molar-refractivity contribution is -0.276. The van der Waals surface area contributed by atoms with Crippen molar-refractivity contribution < 1.29 is 34.0 Å². The zero-order valence-corrected chi connectivity index (χ0v) is 14.1. The van der Waals surface area contributed by atoms with E-state index in [2.05, 4.69) is 5.32 Å². The molecule has 0 spiro atoms. The number of benzene rings is 1. The van der Waals surface area contributed by atoms with Crippen molar-refractivity contribution in [3.05, 3.63) is 35.9 Å². The van der Waals surface area contributed by atoms with Crippen molar-refractivity contribution in [2.75, 3.05) is 6.61 Å². The van der Waals surface area contributed by atoms with E-state index in [4.69, 9.17) is 14.2 Å². The van der Waals surface area contributed by atoms with Crippen LogP contribution in [0.25, 0.3) is 0 Å². The third-order valence-electron chi connectivity index (χ3n) is 3.78. The van der Waals surface area contributed by atoms with E-state index < -0.39 is 49.1 Å². The van der Waals surface area contributed by atoms with Crippen LogP contribution in [0.5, 0.6) is 0 Å². The molecule has 0 saturated carbocycles. The van der Waals surface area contributed by atoms with E-state index >= 15 is 0 Å². The fourth-order valence-electron chi connectivity index (χ4n) is 2.68. The monoisotopic (exact) mass is 353 g/mol. The summed E-state index contributed by atoms with van der Waals surface area (Å²) in [5.41, 5.74) is 0.878. The Kier molecular flexibility index (Phi) is 6.89. The molecule has 138 valence electrons. The molecule has 25 heavy (non-hydrogen) atoms. The van der Waals surface area contributed by atoms with Gasteiger partial charge in [-0.15, -0.1) is 0 Å². The van der Waals surface area contributed by atoms with Crippen molar-refractivity contribution in [3.63, 3.8) is 0 Å². The van der Waals surface area contributed by atoms with Gasteiger partial charge in [0.1, 0.15) is 18.2 Å². The smallest absolute Gasteiger partial charge is 0.303 e. The Morgan fingerprint density at radius 3 is 2.48 bits per heavy atom. The Morgan fingerprint density at radius 1 is 1.24 bits per heavy atom. The van der Waals surface area contributed by atoms with Gasteiger partial charge in [0.15, 0.2) is 12.4 Å². The zero-order valence-electron chi connectivity index (χ0n) is 14.1. The summed E-state index contributed by atoms with van der Waals surface area (Å²) in [5.74, 6) is -1.02. The van der Waals surface area contributed by atoms with Gasteiger partial charge in [0, 0.05) is 13.8 Å². The molecule has 1 fully saturated rings. The lowest BCUT2D eigenvalue weighted by atomic mass is 9.96. The molecular weight excluding hydrogens is 330 g/mol. The highest BCUT2D eigenvalue weighted by atomic mass is 16.7. The molecule has 0 bridgehead atoms. The third kappa shape index (κ3) is 5.23. The van der Waals surface area contributed by atoms with Gasteiger partial charge < -0.3 is 29.7 Å². The van der Waals surface area contributed by atoms with Crippen LogP contribution in [0.4, 0.5) is 0 Å². The molecule has 0 radical (unpaired) electrons. The Morgan fingerprint density at radius 2 is 1.92 bits per heavy atom. The van der Waals surface area contributed by atoms with Crippen LogP contribution in [-0.4, -0.2) is 59.3 Å². The van der Waals surface area contributed by atoms with Gasteiger partial charge in [-0.3, -0.25) is 9.59 Å². The molecule has 1 aromatic carbocycles. The Bertz CT molecular complexity index is 580. The Hall–Kier alpha value is -2.00. The highest BCUT2D eigenvalue weighted by Crippen LogP contribution is 2.25. The fourth-order valence-corrected chi connectivity index (χ4v) is 2.68. The van der Waals surface area contributed by atoms with E-state index in [9.17, 15) is 19.8 Å². The third-order valence-corrected chi connectivity index (χ3v) is 3.78. The first-order valence-electron chi connectivity index (χ1n) is 7.96. The minimum atomic E-state index is -1.30. The number of nitrogens with one attached hydrogen (secondary N) is 1. The van der Waals surface area contributed by atoms with Crippen LogP contribution in [0, 0.1) is 0 Å². The standard InChI is InChI=1S/C17H23NO7/c1-10(20)18-14-16(24-11(2)21)15(22)13(8-19)25-17(14)23-9-12-6-4-3-5-7-12/h3-7,13-17,19,22H,8-9H2,1-2H3,(H,18,20)/t13-,14+,15+,16+,17-/m1/s1. The molecule has 2 rings (SSSR count). The largest absolute Gasteiger partial charge is 0.457 e. The molecule has 1 saturated heterocycles. The predicted molar refractivity (Wildman–Crippen MR) is 86.1 cm³/mol. The minimum Gasteiger partial charge on any atom is -0.457 e. The van der Waals surface area contributed by atoms with Gasteiger partial charge in [-0.05, 0) is 5.56 Å². The van der Waals surface area contributed by atoms with Crippen molar-refractivity contribution in [2.24, 2.45) is 0 Å². The molecule has 0 unspecified atom stereocenters. The summed E-state index contributed by atoms with van der Waals surface area (Å²) in [7, 11) is 0. The van der Waals surface area contributed by atoms with Crippen LogP contribution in [0.3, 0.4) is 0 Å². The van der Waals surface area contributed by atoms with Crippen molar-refractivity contribution >= 4 is 11.9 Å². The molecule has 1 aromatic rings. The Balaban J connectivity index is 2.19. The number of aliphatic hydroxyl groups excluding tert-OH is 2. The topological polar surface area (TPSA) is 114 Å². The molecule has 8 heteroatoms. The first kappa shape index (κ1) is 19.3. The number of hydrogen-bond donors (Lipinski definition) is 3. The van der Waals surface area contributed by atoms with E-state index in [-0.39, 0.29) is 6.61 Å². The highest BCUT2D eigenvalue weighted by Gasteiger charge is 2.48. The van der Waals surface area contributed by atoms with Gasteiger partial charge in [0.05, 0.1) is 13.2 Å². The van der Waals surface area contributed by atoms with E-state index in [1.165, 1.54) is 13.8 Å². The fraction of sp³-hybridized carbons (Fsp3) is 0.529. The summed E-state index contributed by atoms with van der Waals surface area (Å²) < 4.78 is 16.4. The van der Waals surface area contributed by atoms with Crippen LogP contribution >= 0.6 is 0 Å². The lowest BCUT2D eigenvalue weighted by Crippen LogP contribution is -2.65. The van der Waals surface area contributed by atoms with Gasteiger partial charge >= 0.3 is 5.97 Å². The maximum absolute atomic E-state index is 11.5. The summed E-state index contributed by atoms with van der Waals surface area (Å²) in [5, 5.41) is 22.3. The molecule has 1 aliphatic rings. The van der Waals surface area contributed by atoms with Crippen LogP contribution in [0.1, 0.15) is 19.4 Å². The molecule has 1 amide bonds. The highest BCUT2D eigenvalue weighted by molar-refractivity contribution is 5.73. The lowest BCUT2D eigenvalue weighted by Gasteiger charge is -2.43. The number of hydrogen-bond acceptors (Lipinski definition) is 7. The van der Waals surface area contributed by atoms with E-state index in [0.717, 1.165) is 5.56 Å². The summed E-state index contributed by atoms with van der Waals surface area (Å²) in [6.07, 6.45) is -4.42. The second-order valence-electron chi connectivity index (χ2n) is 5.81. The van der Waals surface area contributed by atoms with E-state index in [1.807, 2.05) is 30.3 Å². The first-order valence-corrected chi connectivity index (χ1v) is 7.96. The number of aliphatic hydroxyl groups is 2. The van der Waals surface area contributed by atoms with Gasteiger partial charge in [-0.2, -0.15) is 0 Å². The van der Waals surface area contributed by atoms with E-state index in [1.54, 1.807) is 0 Å². The first-order chi connectivity index (χ1) is 11.9. The summed E-state index contributed by atoms with van der Waals surface area (Å²) in [6.45, 7) is 2.18. The van der Waals surface area contributed by atoms with E-state index in [0.29, 0.717) is 0 Å². The minimum absolute atomic E-state index is 0.183. The number of esters is 1. The SMILES string of the molecule is CC(=O)N[C@@H]1[C@H](OCc2ccccc2)O[C@H](CO)[C@H](O)[C@H]1OC(C)=O. The number of amides is 1. The van der Waals surface area contributed by atoms with Gasteiger partial charge in [0.25, 0.3) is 0 Å². The summed E-state index contributed by atoms with van der Waals surface area (Å²) in [4.78, 5) is 22.9. The van der Waals surface area contributed by atoms with Crippen LogP contribution in [0.2, 0.25) is 0 Å². The quantitative estimate of drug-likeness (QED) is 0.603. The summed E-state index contributed by atoms with van der Waals surface area (Å²) in [6, 6.07) is 8.38. The zero-order chi connectivity index (χ0) is 18.4. The van der Waals surface area contributed by atoms with Gasteiger partial charge in [-0.1, -0.05) is 30.3 Å². The second kappa shape index (κ2) is 8.91. The van der Waals surface area contributed by atoms with Gasteiger partial charge in [0.2, 0.25) is 5.91 Å². The molecule has 1 aliphatic heterocycles. The molecule has 0 aromatic heterocycles. The normalized spacial score (nSPS) is 29.0. The van der Waals surface area contributed by atoms with Crippen LogP contribution in [0.15, 0.2) is 30.3 Å². The van der Waals surface area contributed by atoms with Crippen molar-refractivity contribution in [3.8, 4) is 0 Å². The molecule has 5 atom stereocenters. The molecule has 3 N–H and O–H groups in total. The Labute approximate surface area is 145 Å². The number of carbonyl (C=O) groups excluding carboxylic acids is 2. The second-order valence-corrected chi connectivity index (χ2v) is 5.81. The summed E-state index contributed by atoms with van der Waals surface area (Å²) >= 11 is 0. The van der Waals surface area contributed by atoms with Crippen molar-refractivity contribution in [1.29, 1.82) is 0 Å². The van der Waals surface area contributed by atoms with Crippen LogP contribution in [-0.2, 0) is 30.4 Å². The predicted octanol–water partition coefficient (Wildman–Crippen LogP) is -0.282. The van der Waals surface area contributed by atoms with Crippen molar-refractivity contribution in [1.82, 2.24) is 5.32 Å². The maximum atomic E-state index is 11.5. The number of carbonyl (C=O) groups is 2. The molecular formula is C17H23NO7. The number of ether oxygens (including phenoxy) is 3. The average molecular weight is 353 g/mol. The number of rotatable bonds is 6. The molecule has 0 aliphatic carbocycles. The van der Waals surface area contributed by atoms with Crippen molar-refractivity contribution in [2.45, 2.75) is 51.1 Å². The van der Waals surface area contributed by atoms with Crippen LogP contribution < -0.4 is 5.32 Å².